The summed E-state index contributed by atoms with van der Waals surface area (Å²) >= 11 is 0. The van der Waals surface area contributed by atoms with Crippen LogP contribution in [0.4, 0.5) is 0 Å². The number of carboxylic acid groups (broad SMARTS) is 1. The van der Waals surface area contributed by atoms with Crippen LogP contribution in [-0.4, -0.2) is 36.5 Å². The van der Waals surface area contributed by atoms with Gasteiger partial charge < -0.3 is 14.6 Å². The van der Waals surface area contributed by atoms with E-state index >= 15 is 0 Å². The molecule has 1 aromatic rings. The van der Waals surface area contributed by atoms with Crippen molar-refractivity contribution < 1.29 is 29.0 Å². The zero-order chi connectivity index (χ0) is 16.5. The fourth-order valence-corrected chi connectivity index (χ4v) is 1.98. The predicted octanol–water partition coefficient (Wildman–Crippen LogP) is 2.24. The van der Waals surface area contributed by atoms with Crippen LogP contribution < -0.4 is 4.74 Å². The van der Waals surface area contributed by atoms with Gasteiger partial charge in [-0.1, -0.05) is 0 Å². The summed E-state index contributed by atoms with van der Waals surface area (Å²) < 4.78 is 10.1. The standard InChI is InChI=1S/C16H20O6/c1-3-22-16(20)9-5-12-10-11(4-7-14(12)21-2)13(17)6-8-15(18)19/h4,7,10H,3,5-6,8-9H2,1-2H3,(H,18,19). The molecule has 0 aliphatic heterocycles. The topological polar surface area (TPSA) is 89.9 Å². The number of aryl methyl sites for hydroxylation is 1. The van der Waals surface area contributed by atoms with E-state index in [0.717, 1.165) is 5.56 Å². The minimum atomic E-state index is -1.01. The molecule has 0 unspecified atom stereocenters. The van der Waals surface area contributed by atoms with Crippen molar-refractivity contribution in [1.29, 1.82) is 0 Å². The minimum absolute atomic E-state index is 0.0566. The van der Waals surface area contributed by atoms with Crippen LogP contribution in [-0.2, 0) is 20.7 Å². The fourth-order valence-electron chi connectivity index (χ4n) is 1.98. The van der Waals surface area contributed by atoms with Crippen molar-refractivity contribution >= 4 is 17.7 Å². The maximum atomic E-state index is 11.9. The largest absolute Gasteiger partial charge is 0.496 e. The first-order chi connectivity index (χ1) is 10.5. The molecule has 0 aromatic heterocycles. The molecule has 0 atom stereocenters. The van der Waals surface area contributed by atoms with Crippen LogP contribution >= 0.6 is 0 Å². The van der Waals surface area contributed by atoms with Crippen LogP contribution in [0.2, 0.25) is 0 Å². The third-order valence-corrected chi connectivity index (χ3v) is 3.07. The lowest BCUT2D eigenvalue weighted by Crippen LogP contribution is -2.07. The van der Waals surface area contributed by atoms with Crippen molar-refractivity contribution in [3.05, 3.63) is 29.3 Å². The van der Waals surface area contributed by atoms with Gasteiger partial charge in [0.1, 0.15) is 5.75 Å². The number of Topliss-reactive ketones (excluding diaryl/α,β-unsaturated/α-hetero) is 1. The minimum Gasteiger partial charge on any atom is -0.496 e. The molecule has 0 amide bonds. The summed E-state index contributed by atoms with van der Waals surface area (Å²) in [6.07, 6.45) is 0.320. The second-order valence-corrected chi connectivity index (χ2v) is 4.65. The van der Waals surface area contributed by atoms with Crippen molar-refractivity contribution in [2.24, 2.45) is 0 Å². The highest BCUT2D eigenvalue weighted by Crippen LogP contribution is 2.22. The van der Waals surface area contributed by atoms with Gasteiger partial charge in [0.05, 0.1) is 20.1 Å². The Morgan fingerprint density at radius 3 is 2.45 bits per heavy atom. The first-order valence-electron chi connectivity index (χ1n) is 7.05. The Balaban J connectivity index is 2.81. The molecule has 0 aliphatic rings. The van der Waals surface area contributed by atoms with Crippen LogP contribution in [0.5, 0.6) is 5.75 Å². The van der Waals surface area contributed by atoms with Crippen molar-refractivity contribution in [2.45, 2.75) is 32.6 Å². The number of esters is 1. The van der Waals surface area contributed by atoms with E-state index in [9.17, 15) is 14.4 Å². The number of ether oxygens (including phenoxy) is 2. The first-order valence-corrected chi connectivity index (χ1v) is 7.05. The Bertz CT molecular complexity index is 550. The number of carbonyl (C=O) groups is 3. The molecule has 0 fully saturated rings. The Morgan fingerprint density at radius 1 is 1.14 bits per heavy atom. The van der Waals surface area contributed by atoms with E-state index in [2.05, 4.69) is 0 Å². The van der Waals surface area contributed by atoms with Gasteiger partial charge in [-0.05, 0) is 37.1 Å². The molecular formula is C16H20O6. The van der Waals surface area contributed by atoms with Gasteiger partial charge in [-0.25, -0.2) is 0 Å². The van der Waals surface area contributed by atoms with Crippen molar-refractivity contribution in [2.75, 3.05) is 13.7 Å². The lowest BCUT2D eigenvalue weighted by atomic mass is 10.0. The summed E-state index contributed by atoms with van der Waals surface area (Å²) in [5.41, 5.74) is 1.14. The van der Waals surface area contributed by atoms with Gasteiger partial charge in [-0.3, -0.25) is 14.4 Å². The average Bonchev–Trinajstić information content (AvgIpc) is 2.50. The van der Waals surface area contributed by atoms with Gasteiger partial charge in [0.25, 0.3) is 0 Å². The molecule has 1 rings (SSSR count). The quantitative estimate of drug-likeness (QED) is 0.556. The van der Waals surface area contributed by atoms with Crippen LogP contribution in [0.1, 0.15) is 42.1 Å². The third kappa shape index (κ3) is 5.55. The van der Waals surface area contributed by atoms with E-state index in [1.54, 1.807) is 25.1 Å². The number of carbonyl (C=O) groups excluding carboxylic acids is 2. The lowest BCUT2D eigenvalue weighted by Gasteiger charge is -2.10. The Morgan fingerprint density at radius 2 is 1.86 bits per heavy atom. The molecule has 1 N–H and O–H groups in total. The zero-order valence-corrected chi connectivity index (χ0v) is 12.8. The molecule has 6 nitrogen and oxygen atoms in total. The summed E-state index contributed by atoms with van der Waals surface area (Å²) in [5.74, 6) is -0.988. The summed E-state index contributed by atoms with van der Waals surface area (Å²) in [5, 5.41) is 8.62. The number of hydrogen-bond donors (Lipinski definition) is 1. The third-order valence-electron chi connectivity index (χ3n) is 3.07. The number of ketones is 1. The number of methoxy groups -OCH3 is 1. The molecule has 0 aliphatic carbocycles. The van der Waals surface area contributed by atoms with E-state index in [4.69, 9.17) is 14.6 Å². The number of rotatable bonds is 9. The van der Waals surface area contributed by atoms with Gasteiger partial charge in [0, 0.05) is 18.4 Å². The molecule has 0 spiro atoms. The van der Waals surface area contributed by atoms with Crippen molar-refractivity contribution in [1.82, 2.24) is 0 Å². The van der Waals surface area contributed by atoms with Crippen LogP contribution in [0.15, 0.2) is 18.2 Å². The average molecular weight is 308 g/mol. The molecule has 22 heavy (non-hydrogen) atoms. The van der Waals surface area contributed by atoms with E-state index in [1.807, 2.05) is 0 Å². The monoisotopic (exact) mass is 308 g/mol. The zero-order valence-electron chi connectivity index (χ0n) is 12.8. The van der Waals surface area contributed by atoms with E-state index in [-0.39, 0.29) is 31.0 Å². The van der Waals surface area contributed by atoms with E-state index in [1.165, 1.54) is 7.11 Å². The van der Waals surface area contributed by atoms with Gasteiger partial charge >= 0.3 is 11.9 Å². The molecule has 1 aromatic carbocycles. The molecule has 120 valence electrons. The van der Waals surface area contributed by atoms with Gasteiger partial charge in [0.2, 0.25) is 0 Å². The van der Waals surface area contributed by atoms with E-state index < -0.39 is 5.97 Å². The highest BCUT2D eigenvalue weighted by Gasteiger charge is 2.13. The summed E-state index contributed by atoms with van der Waals surface area (Å²) in [6.45, 7) is 2.06. The van der Waals surface area contributed by atoms with Crippen LogP contribution in [0.3, 0.4) is 0 Å². The summed E-state index contributed by atoms with van der Waals surface area (Å²) in [4.78, 5) is 33.9. The van der Waals surface area contributed by atoms with Gasteiger partial charge in [-0.15, -0.1) is 0 Å². The van der Waals surface area contributed by atoms with Crippen LogP contribution in [0, 0.1) is 0 Å². The maximum Gasteiger partial charge on any atom is 0.306 e. The Kier molecular flexibility index (Phi) is 7.08. The molecule has 0 bridgehead atoms. The summed E-state index contributed by atoms with van der Waals surface area (Å²) in [6, 6.07) is 4.88. The number of hydrogen-bond acceptors (Lipinski definition) is 5. The predicted molar refractivity (Wildman–Crippen MR) is 79.1 cm³/mol. The lowest BCUT2D eigenvalue weighted by molar-refractivity contribution is -0.143. The molecule has 0 saturated carbocycles. The van der Waals surface area contributed by atoms with Crippen LogP contribution in [0.25, 0.3) is 0 Å². The summed E-state index contributed by atoms with van der Waals surface area (Å²) in [7, 11) is 1.51. The van der Waals surface area contributed by atoms with Crippen molar-refractivity contribution in [3.63, 3.8) is 0 Å². The Labute approximate surface area is 129 Å². The molecule has 6 heteroatoms. The number of carboxylic acids is 1. The first kappa shape index (κ1) is 17.7. The Hall–Kier alpha value is -2.37. The van der Waals surface area contributed by atoms with Gasteiger partial charge in [0.15, 0.2) is 5.78 Å². The second kappa shape index (κ2) is 8.81. The number of benzene rings is 1. The SMILES string of the molecule is CCOC(=O)CCc1cc(C(=O)CCC(=O)O)ccc1OC. The molecular weight excluding hydrogens is 288 g/mol. The maximum absolute atomic E-state index is 11.9. The van der Waals surface area contributed by atoms with Crippen molar-refractivity contribution in [3.8, 4) is 5.75 Å². The smallest absolute Gasteiger partial charge is 0.306 e. The molecule has 0 heterocycles. The molecule has 0 saturated heterocycles. The fraction of sp³-hybridized carbons (Fsp3) is 0.438. The number of aliphatic carboxylic acids is 1. The second-order valence-electron chi connectivity index (χ2n) is 4.65. The highest BCUT2D eigenvalue weighted by atomic mass is 16.5. The van der Waals surface area contributed by atoms with Gasteiger partial charge in [-0.2, -0.15) is 0 Å². The normalized spacial score (nSPS) is 10.1. The highest BCUT2D eigenvalue weighted by molar-refractivity contribution is 5.97. The molecule has 0 radical (unpaired) electrons. The van der Waals surface area contributed by atoms with E-state index in [0.29, 0.717) is 24.3 Å².